The van der Waals surface area contributed by atoms with Gasteiger partial charge in [0.05, 0.1) is 5.69 Å². The van der Waals surface area contributed by atoms with Crippen LogP contribution < -0.4 is 5.73 Å². The fourth-order valence-corrected chi connectivity index (χ4v) is 3.57. The monoisotopic (exact) mass is 340 g/mol. The maximum Gasteiger partial charge on any atom is 0.128 e. The molecule has 0 amide bonds. The summed E-state index contributed by atoms with van der Waals surface area (Å²) < 4.78 is 0.953. The molecule has 0 saturated heterocycles. The summed E-state index contributed by atoms with van der Waals surface area (Å²) in [6.45, 7) is 2.02. The van der Waals surface area contributed by atoms with Crippen LogP contribution in [-0.4, -0.2) is 0 Å². The van der Waals surface area contributed by atoms with E-state index in [2.05, 4.69) is 22.0 Å². The maximum atomic E-state index is 9.06. The van der Waals surface area contributed by atoms with Crippen molar-refractivity contribution in [3.63, 3.8) is 0 Å². The molecule has 0 spiro atoms. The van der Waals surface area contributed by atoms with Crippen LogP contribution in [0.4, 0.5) is 5.69 Å². The SMILES string of the molecule is CCc1c(-c2cc(Br)ccc2Cl)sc(C#N)c1N. The first-order valence-corrected chi connectivity index (χ1v) is 7.33. The number of thiophene rings is 1. The third kappa shape index (κ3) is 2.26. The zero-order chi connectivity index (χ0) is 13.3. The largest absolute Gasteiger partial charge is 0.397 e. The third-order valence-corrected chi connectivity index (χ3v) is 4.68. The molecule has 0 atom stereocenters. The smallest absolute Gasteiger partial charge is 0.128 e. The number of hydrogen-bond donors (Lipinski definition) is 1. The van der Waals surface area contributed by atoms with Gasteiger partial charge in [0.25, 0.3) is 0 Å². The number of benzene rings is 1. The Morgan fingerprint density at radius 2 is 2.22 bits per heavy atom. The highest BCUT2D eigenvalue weighted by Gasteiger charge is 2.17. The Labute approximate surface area is 123 Å². The van der Waals surface area contributed by atoms with Crippen molar-refractivity contribution < 1.29 is 0 Å². The first kappa shape index (κ1) is 13.4. The van der Waals surface area contributed by atoms with Gasteiger partial charge in [0.2, 0.25) is 0 Å². The van der Waals surface area contributed by atoms with Gasteiger partial charge in [0.1, 0.15) is 10.9 Å². The molecule has 2 rings (SSSR count). The lowest BCUT2D eigenvalue weighted by atomic mass is 10.1. The topological polar surface area (TPSA) is 49.8 Å². The van der Waals surface area contributed by atoms with Crippen molar-refractivity contribution in [3.8, 4) is 16.5 Å². The lowest BCUT2D eigenvalue weighted by Gasteiger charge is -2.05. The van der Waals surface area contributed by atoms with Crippen LogP contribution in [0.1, 0.15) is 17.4 Å². The van der Waals surface area contributed by atoms with Crippen molar-refractivity contribution in [2.24, 2.45) is 0 Å². The number of anilines is 1. The first-order chi connectivity index (χ1) is 8.58. The highest BCUT2D eigenvalue weighted by Crippen LogP contribution is 2.42. The minimum atomic E-state index is 0.554. The number of nitrogens with two attached hydrogens (primary N) is 1. The summed E-state index contributed by atoms with van der Waals surface area (Å²) in [5, 5.41) is 9.73. The van der Waals surface area contributed by atoms with Gasteiger partial charge < -0.3 is 5.73 Å². The zero-order valence-electron chi connectivity index (χ0n) is 9.63. The van der Waals surface area contributed by atoms with Crippen molar-refractivity contribution >= 4 is 44.6 Å². The lowest BCUT2D eigenvalue weighted by molar-refractivity contribution is 1.16. The molecule has 2 N–H and O–H groups in total. The predicted molar refractivity (Wildman–Crippen MR) is 81.0 cm³/mol. The van der Waals surface area contributed by atoms with Crippen molar-refractivity contribution in [3.05, 3.63) is 38.1 Å². The van der Waals surface area contributed by atoms with Crippen molar-refractivity contribution in [1.29, 1.82) is 5.26 Å². The lowest BCUT2D eigenvalue weighted by Crippen LogP contribution is -1.91. The maximum absolute atomic E-state index is 9.06. The van der Waals surface area contributed by atoms with Gasteiger partial charge in [-0.15, -0.1) is 11.3 Å². The van der Waals surface area contributed by atoms with E-state index in [0.717, 1.165) is 26.9 Å². The first-order valence-electron chi connectivity index (χ1n) is 5.35. The van der Waals surface area contributed by atoms with Gasteiger partial charge in [-0.05, 0) is 30.2 Å². The summed E-state index contributed by atoms with van der Waals surface area (Å²) in [6.07, 6.45) is 0.780. The summed E-state index contributed by atoms with van der Waals surface area (Å²) in [5.74, 6) is 0. The van der Waals surface area contributed by atoms with Crippen molar-refractivity contribution in [2.45, 2.75) is 13.3 Å². The van der Waals surface area contributed by atoms with Crippen molar-refractivity contribution in [1.82, 2.24) is 0 Å². The molecule has 92 valence electrons. The van der Waals surface area contributed by atoms with E-state index < -0.39 is 0 Å². The van der Waals surface area contributed by atoms with Crippen LogP contribution in [0.5, 0.6) is 0 Å². The van der Waals surface area contributed by atoms with E-state index in [9.17, 15) is 0 Å². The van der Waals surface area contributed by atoms with Gasteiger partial charge in [-0.1, -0.05) is 34.5 Å². The van der Waals surface area contributed by atoms with Crippen LogP contribution in [0.15, 0.2) is 22.7 Å². The average Bonchev–Trinajstić information content (AvgIpc) is 2.68. The molecule has 2 aromatic rings. The molecule has 0 unspecified atom stereocenters. The molecule has 0 bridgehead atoms. The molecular formula is C13H10BrClN2S. The fourth-order valence-electron chi connectivity index (χ4n) is 1.80. The molecule has 1 heterocycles. The van der Waals surface area contributed by atoms with Crippen LogP contribution in [0.2, 0.25) is 5.02 Å². The molecule has 18 heavy (non-hydrogen) atoms. The van der Waals surface area contributed by atoms with E-state index in [0.29, 0.717) is 15.6 Å². The van der Waals surface area contributed by atoms with E-state index >= 15 is 0 Å². The summed E-state index contributed by atoms with van der Waals surface area (Å²) in [5.41, 5.74) is 8.48. The molecule has 5 heteroatoms. The quantitative estimate of drug-likeness (QED) is 0.849. The highest BCUT2D eigenvalue weighted by atomic mass is 79.9. The van der Waals surface area contributed by atoms with E-state index in [1.54, 1.807) is 0 Å². The van der Waals surface area contributed by atoms with E-state index in [4.69, 9.17) is 22.6 Å². The summed E-state index contributed by atoms with van der Waals surface area (Å²) in [6, 6.07) is 7.81. The molecule has 0 aliphatic rings. The normalized spacial score (nSPS) is 10.3. The molecule has 1 aromatic heterocycles. The van der Waals surface area contributed by atoms with Crippen LogP contribution in [-0.2, 0) is 6.42 Å². The van der Waals surface area contributed by atoms with Crippen LogP contribution in [0.25, 0.3) is 10.4 Å². The minimum absolute atomic E-state index is 0.554. The molecule has 0 aliphatic carbocycles. The standard InChI is InChI=1S/C13H10BrClN2S/c1-2-8-12(17)11(6-16)18-13(8)9-5-7(14)3-4-10(9)15/h3-5H,2,17H2,1H3. The Bertz CT molecular complexity index is 643. The van der Waals surface area contributed by atoms with Gasteiger partial charge in [-0.2, -0.15) is 5.26 Å². The third-order valence-electron chi connectivity index (χ3n) is 2.68. The summed E-state index contributed by atoms with van der Waals surface area (Å²) in [7, 11) is 0. The molecule has 1 aromatic carbocycles. The summed E-state index contributed by atoms with van der Waals surface area (Å²) >= 11 is 11.1. The number of rotatable bonds is 2. The van der Waals surface area contributed by atoms with Crippen LogP contribution in [0.3, 0.4) is 0 Å². The zero-order valence-corrected chi connectivity index (χ0v) is 12.8. The van der Waals surface area contributed by atoms with Crippen molar-refractivity contribution in [2.75, 3.05) is 5.73 Å². The van der Waals surface area contributed by atoms with Gasteiger partial charge in [-0.25, -0.2) is 0 Å². The second-order valence-corrected chi connectivity index (χ2v) is 6.09. The highest BCUT2D eigenvalue weighted by molar-refractivity contribution is 9.10. The van der Waals surface area contributed by atoms with E-state index in [-0.39, 0.29) is 0 Å². The number of nitriles is 1. The van der Waals surface area contributed by atoms with Gasteiger partial charge in [0.15, 0.2) is 0 Å². The predicted octanol–water partition coefficient (Wildman–Crippen LogP) is 4.85. The Morgan fingerprint density at radius 3 is 2.83 bits per heavy atom. The fraction of sp³-hybridized carbons (Fsp3) is 0.154. The van der Waals surface area contributed by atoms with Gasteiger partial charge in [-0.3, -0.25) is 0 Å². The molecule has 0 saturated carbocycles. The Balaban J connectivity index is 2.71. The number of hydrogen-bond acceptors (Lipinski definition) is 3. The number of halogens is 2. The molecule has 2 nitrogen and oxygen atoms in total. The second-order valence-electron chi connectivity index (χ2n) is 3.74. The second kappa shape index (κ2) is 5.31. The van der Waals surface area contributed by atoms with E-state index in [1.807, 2.05) is 25.1 Å². The van der Waals surface area contributed by atoms with E-state index in [1.165, 1.54) is 11.3 Å². The average molecular weight is 342 g/mol. The van der Waals surface area contributed by atoms with Crippen LogP contribution >= 0.6 is 38.9 Å². The Hall–Kier alpha value is -1.02. The van der Waals surface area contributed by atoms with Gasteiger partial charge >= 0.3 is 0 Å². The Morgan fingerprint density at radius 1 is 1.50 bits per heavy atom. The Kier molecular flexibility index (Phi) is 3.96. The molecule has 0 fully saturated rings. The molecule has 0 aliphatic heterocycles. The summed E-state index contributed by atoms with van der Waals surface area (Å²) in [4.78, 5) is 1.54. The minimum Gasteiger partial charge on any atom is -0.397 e. The number of nitrogens with zero attached hydrogens (tertiary/aromatic N) is 1. The molecular weight excluding hydrogens is 332 g/mol. The van der Waals surface area contributed by atoms with Gasteiger partial charge in [0, 0.05) is 19.9 Å². The number of nitrogen functional groups attached to an aromatic ring is 1. The molecule has 0 radical (unpaired) electrons. The van der Waals surface area contributed by atoms with Crippen LogP contribution in [0, 0.1) is 11.3 Å².